The molecule has 11 heteroatoms. The molecule has 0 rings (SSSR count). The monoisotopic (exact) mass is 433 g/mol. The minimum atomic E-state index is -1.17. The van der Waals surface area contributed by atoms with Gasteiger partial charge in [0.15, 0.2) is 0 Å². The molecule has 0 spiro atoms. The van der Waals surface area contributed by atoms with E-state index in [1.54, 1.807) is 13.8 Å². The third-order valence-electron chi connectivity index (χ3n) is 4.36. The fourth-order valence-corrected chi connectivity index (χ4v) is 2.97. The van der Waals surface area contributed by atoms with Crippen molar-refractivity contribution < 1.29 is 34.2 Å². The van der Waals surface area contributed by atoms with Gasteiger partial charge in [-0.15, -0.1) is 0 Å². The van der Waals surface area contributed by atoms with Crippen LogP contribution in [0.3, 0.4) is 0 Å². The van der Waals surface area contributed by atoms with E-state index in [-0.39, 0.29) is 25.2 Å². The van der Waals surface area contributed by atoms with Gasteiger partial charge in [-0.05, 0) is 30.8 Å². The van der Waals surface area contributed by atoms with Gasteiger partial charge < -0.3 is 26.2 Å². The van der Waals surface area contributed by atoms with E-state index < -0.39 is 47.8 Å². The molecule has 4 atom stereocenters. The molecule has 0 aliphatic carbocycles. The van der Waals surface area contributed by atoms with Gasteiger partial charge in [0.2, 0.25) is 17.7 Å². The van der Waals surface area contributed by atoms with Crippen molar-refractivity contribution in [1.82, 2.24) is 16.0 Å². The van der Waals surface area contributed by atoms with Crippen molar-refractivity contribution in [2.45, 2.75) is 64.6 Å². The lowest BCUT2D eigenvalue weighted by Crippen LogP contribution is -2.56. The Hall–Kier alpha value is -2.30. The molecule has 0 aromatic heterocycles. The first kappa shape index (κ1) is 26.7. The summed E-state index contributed by atoms with van der Waals surface area (Å²) in [6.07, 6.45) is 2.14. The molecule has 0 radical (unpaired) electrons. The molecule has 4 unspecified atom stereocenters. The second-order valence-corrected chi connectivity index (χ2v) is 7.72. The standard InChI is InChI=1S/C18H31N3O7S/c1-5-10(2)15(18(27)28)21-17(26)13(8-9-29-4)20-16(25)12(19-11(3)22)6-7-14(23)24/h10,12-13,15H,5-9H2,1-4H3,(H,19,22)(H,20,25)(H,21,26)(H,23,24)(H,27,28). The van der Waals surface area contributed by atoms with Crippen LogP contribution in [0.2, 0.25) is 0 Å². The molecule has 0 fully saturated rings. The maximum atomic E-state index is 12.7. The number of hydrogen-bond acceptors (Lipinski definition) is 6. The lowest BCUT2D eigenvalue weighted by atomic mass is 9.98. The van der Waals surface area contributed by atoms with Crippen LogP contribution in [-0.4, -0.2) is 70.0 Å². The summed E-state index contributed by atoms with van der Waals surface area (Å²) in [5.74, 6) is -3.92. The molecule has 0 aromatic rings. The van der Waals surface area contributed by atoms with Gasteiger partial charge in [-0.25, -0.2) is 4.79 Å². The van der Waals surface area contributed by atoms with Gasteiger partial charge in [-0.3, -0.25) is 19.2 Å². The predicted molar refractivity (Wildman–Crippen MR) is 108 cm³/mol. The van der Waals surface area contributed by atoms with E-state index in [4.69, 9.17) is 5.11 Å². The number of nitrogens with one attached hydrogen (secondary N) is 3. The normalized spacial score (nSPS) is 14.8. The quantitative estimate of drug-likeness (QED) is 0.260. The summed E-state index contributed by atoms with van der Waals surface area (Å²) in [6.45, 7) is 4.70. The predicted octanol–water partition coefficient (Wildman–Crippen LogP) is 0.209. The second-order valence-electron chi connectivity index (χ2n) is 6.74. The van der Waals surface area contributed by atoms with Crippen molar-refractivity contribution in [2.75, 3.05) is 12.0 Å². The van der Waals surface area contributed by atoms with E-state index >= 15 is 0 Å². The highest BCUT2D eigenvalue weighted by Crippen LogP contribution is 2.10. The number of amides is 3. The fourth-order valence-electron chi connectivity index (χ4n) is 2.50. The van der Waals surface area contributed by atoms with Crippen LogP contribution in [0.4, 0.5) is 0 Å². The topological polar surface area (TPSA) is 162 Å². The highest BCUT2D eigenvalue weighted by Gasteiger charge is 2.31. The highest BCUT2D eigenvalue weighted by atomic mass is 32.2. The largest absolute Gasteiger partial charge is 0.481 e. The number of carboxylic acid groups (broad SMARTS) is 2. The number of carbonyl (C=O) groups is 5. The Morgan fingerprint density at radius 2 is 1.48 bits per heavy atom. The van der Waals surface area contributed by atoms with Gasteiger partial charge >= 0.3 is 11.9 Å². The Bertz CT molecular complexity index is 600. The van der Waals surface area contributed by atoms with E-state index in [2.05, 4.69) is 16.0 Å². The van der Waals surface area contributed by atoms with Crippen molar-refractivity contribution >= 4 is 41.4 Å². The van der Waals surface area contributed by atoms with Gasteiger partial charge in [0, 0.05) is 13.3 Å². The van der Waals surface area contributed by atoms with Crippen molar-refractivity contribution in [1.29, 1.82) is 0 Å². The number of rotatable bonds is 14. The van der Waals surface area contributed by atoms with E-state index in [0.717, 1.165) is 0 Å². The number of aliphatic carboxylic acids is 2. The van der Waals surface area contributed by atoms with Crippen LogP contribution < -0.4 is 16.0 Å². The van der Waals surface area contributed by atoms with Gasteiger partial charge in [-0.1, -0.05) is 20.3 Å². The van der Waals surface area contributed by atoms with E-state index in [1.165, 1.54) is 18.7 Å². The summed E-state index contributed by atoms with van der Waals surface area (Å²) in [5.41, 5.74) is 0. The molecule has 0 aliphatic rings. The Morgan fingerprint density at radius 1 is 0.931 bits per heavy atom. The van der Waals surface area contributed by atoms with Crippen molar-refractivity contribution in [3.8, 4) is 0 Å². The molecular weight excluding hydrogens is 402 g/mol. The van der Waals surface area contributed by atoms with Crippen LogP contribution in [0.15, 0.2) is 0 Å². The van der Waals surface area contributed by atoms with Gasteiger partial charge in [0.25, 0.3) is 0 Å². The molecule has 0 aliphatic heterocycles. The van der Waals surface area contributed by atoms with Crippen LogP contribution in [0.25, 0.3) is 0 Å². The lowest BCUT2D eigenvalue weighted by Gasteiger charge is -2.26. The van der Waals surface area contributed by atoms with Gasteiger partial charge in [0.05, 0.1) is 0 Å². The molecule has 29 heavy (non-hydrogen) atoms. The zero-order valence-electron chi connectivity index (χ0n) is 17.2. The van der Waals surface area contributed by atoms with Gasteiger partial charge in [0.1, 0.15) is 18.1 Å². The SMILES string of the molecule is CCC(C)C(NC(=O)C(CCSC)NC(=O)C(CCC(=O)O)NC(C)=O)C(=O)O. The summed E-state index contributed by atoms with van der Waals surface area (Å²) in [7, 11) is 0. The molecule has 0 saturated heterocycles. The summed E-state index contributed by atoms with van der Waals surface area (Å²) < 4.78 is 0. The zero-order chi connectivity index (χ0) is 22.6. The Labute approximate surface area is 174 Å². The maximum absolute atomic E-state index is 12.7. The molecular formula is C18H31N3O7S. The Morgan fingerprint density at radius 3 is 1.93 bits per heavy atom. The molecule has 166 valence electrons. The molecule has 0 bridgehead atoms. The average molecular weight is 434 g/mol. The third-order valence-corrected chi connectivity index (χ3v) is 5.01. The summed E-state index contributed by atoms with van der Waals surface area (Å²) in [6, 6.07) is -3.22. The molecule has 0 saturated carbocycles. The minimum absolute atomic E-state index is 0.137. The fraction of sp³-hybridized carbons (Fsp3) is 0.722. The third kappa shape index (κ3) is 10.7. The molecule has 3 amide bonds. The van der Waals surface area contributed by atoms with Crippen LogP contribution in [0.5, 0.6) is 0 Å². The van der Waals surface area contributed by atoms with E-state index in [0.29, 0.717) is 12.2 Å². The number of carboxylic acids is 2. The first-order valence-electron chi connectivity index (χ1n) is 9.34. The first-order valence-corrected chi connectivity index (χ1v) is 10.7. The minimum Gasteiger partial charge on any atom is -0.481 e. The lowest BCUT2D eigenvalue weighted by molar-refractivity contribution is -0.143. The molecule has 5 N–H and O–H groups in total. The van der Waals surface area contributed by atoms with Crippen molar-refractivity contribution in [3.63, 3.8) is 0 Å². The van der Waals surface area contributed by atoms with Crippen LogP contribution >= 0.6 is 11.8 Å². The summed E-state index contributed by atoms with van der Waals surface area (Å²) in [5, 5.41) is 25.5. The van der Waals surface area contributed by atoms with Crippen molar-refractivity contribution in [3.05, 3.63) is 0 Å². The maximum Gasteiger partial charge on any atom is 0.326 e. The van der Waals surface area contributed by atoms with E-state index in [1.807, 2.05) is 6.26 Å². The van der Waals surface area contributed by atoms with Crippen LogP contribution in [0, 0.1) is 5.92 Å². The number of carbonyl (C=O) groups excluding carboxylic acids is 3. The Balaban J connectivity index is 5.32. The summed E-state index contributed by atoms with van der Waals surface area (Å²) in [4.78, 5) is 58.8. The average Bonchev–Trinajstić information content (AvgIpc) is 2.64. The van der Waals surface area contributed by atoms with E-state index in [9.17, 15) is 29.1 Å². The highest BCUT2D eigenvalue weighted by molar-refractivity contribution is 7.98. The smallest absolute Gasteiger partial charge is 0.326 e. The molecule has 10 nitrogen and oxygen atoms in total. The van der Waals surface area contributed by atoms with Crippen LogP contribution in [-0.2, 0) is 24.0 Å². The van der Waals surface area contributed by atoms with Crippen LogP contribution in [0.1, 0.15) is 46.5 Å². The number of hydrogen-bond donors (Lipinski definition) is 5. The first-order chi connectivity index (χ1) is 13.5. The summed E-state index contributed by atoms with van der Waals surface area (Å²) >= 11 is 1.45. The number of thioether (sulfide) groups is 1. The second kappa shape index (κ2) is 13.8. The molecule has 0 aromatic carbocycles. The van der Waals surface area contributed by atoms with Gasteiger partial charge in [-0.2, -0.15) is 11.8 Å². The molecule has 0 heterocycles. The van der Waals surface area contributed by atoms with Crippen molar-refractivity contribution in [2.24, 2.45) is 5.92 Å². The Kier molecular flexibility index (Phi) is 12.7. The zero-order valence-corrected chi connectivity index (χ0v) is 18.0.